The minimum absolute atomic E-state index is 0.331. The zero-order valence-corrected chi connectivity index (χ0v) is 13.3. The van der Waals surface area contributed by atoms with Gasteiger partial charge in [0.25, 0.3) is 0 Å². The molecule has 0 atom stereocenters. The van der Waals surface area contributed by atoms with Gasteiger partial charge in [-0.25, -0.2) is 9.59 Å². The molecule has 0 unspecified atom stereocenters. The van der Waals surface area contributed by atoms with E-state index < -0.39 is 5.97 Å². The lowest BCUT2D eigenvalue weighted by Gasteiger charge is -2.04. The molecule has 0 aliphatic heterocycles. The van der Waals surface area contributed by atoms with Crippen molar-refractivity contribution < 1.29 is 19.4 Å². The van der Waals surface area contributed by atoms with Crippen molar-refractivity contribution in [3.8, 4) is 5.75 Å². The molecule has 0 heterocycles. The third-order valence-electron chi connectivity index (χ3n) is 3.12. The number of nitrogen functional groups attached to an aromatic ring is 1. The fraction of sp³-hybridized carbons (Fsp3) is 0. The minimum atomic E-state index is -0.879. The number of carboxylic acids is 1. The van der Waals surface area contributed by atoms with Crippen molar-refractivity contribution in [1.82, 2.24) is 0 Å². The van der Waals surface area contributed by atoms with E-state index in [9.17, 15) is 9.59 Å². The maximum atomic E-state index is 11.6. The van der Waals surface area contributed by atoms with E-state index >= 15 is 0 Å². The summed E-state index contributed by atoms with van der Waals surface area (Å²) in [5.74, 6) is -0.760. The van der Waals surface area contributed by atoms with Crippen molar-refractivity contribution in [3.63, 3.8) is 0 Å². The zero-order chi connectivity index (χ0) is 18.1. The van der Waals surface area contributed by atoms with E-state index in [2.05, 4.69) is 0 Å². The molecule has 0 fully saturated rings. The van der Waals surface area contributed by atoms with Gasteiger partial charge in [0.1, 0.15) is 5.75 Å². The summed E-state index contributed by atoms with van der Waals surface area (Å²) in [7, 11) is 0. The Balaban J connectivity index is 0.000000212. The summed E-state index contributed by atoms with van der Waals surface area (Å²) in [5.41, 5.74) is 7.02. The molecule has 126 valence electrons. The number of rotatable bonds is 3. The lowest BCUT2D eigenvalue weighted by molar-refractivity contribution is 0.0694. The molecule has 0 aliphatic carbocycles. The fourth-order valence-electron chi connectivity index (χ4n) is 1.86. The average molecular weight is 335 g/mol. The first-order valence-electron chi connectivity index (χ1n) is 7.47. The quantitative estimate of drug-likeness (QED) is 0.431. The van der Waals surface area contributed by atoms with E-state index in [1.54, 1.807) is 78.9 Å². The molecule has 5 nitrogen and oxygen atoms in total. The highest BCUT2D eigenvalue weighted by molar-refractivity contribution is 5.91. The molecule has 0 saturated heterocycles. The Labute approximate surface area is 145 Å². The fourth-order valence-corrected chi connectivity index (χ4v) is 1.86. The number of hydrogen-bond acceptors (Lipinski definition) is 4. The highest BCUT2D eigenvalue weighted by Crippen LogP contribution is 2.14. The van der Waals surface area contributed by atoms with Crippen LogP contribution in [-0.4, -0.2) is 17.0 Å². The van der Waals surface area contributed by atoms with Gasteiger partial charge in [-0.1, -0.05) is 36.4 Å². The summed E-state index contributed by atoms with van der Waals surface area (Å²) in [6, 6.07) is 23.8. The van der Waals surface area contributed by atoms with Crippen LogP contribution in [0, 0.1) is 0 Å². The molecule has 0 aromatic heterocycles. The SMILES string of the molecule is Nc1ccc(OC(=O)c2ccccc2)cc1.O=C(O)c1ccccc1. The number of anilines is 1. The molecule has 0 saturated carbocycles. The first-order chi connectivity index (χ1) is 12.1. The number of ether oxygens (including phenoxy) is 1. The van der Waals surface area contributed by atoms with E-state index in [0.717, 1.165) is 0 Å². The summed E-state index contributed by atoms with van der Waals surface area (Å²) in [6.07, 6.45) is 0. The van der Waals surface area contributed by atoms with Gasteiger partial charge in [0, 0.05) is 5.69 Å². The van der Waals surface area contributed by atoms with Crippen molar-refractivity contribution in [2.24, 2.45) is 0 Å². The number of carbonyl (C=O) groups excluding carboxylic acids is 1. The first-order valence-corrected chi connectivity index (χ1v) is 7.47. The van der Waals surface area contributed by atoms with Crippen LogP contribution >= 0.6 is 0 Å². The van der Waals surface area contributed by atoms with E-state index in [-0.39, 0.29) is 5.97 Å². The zero-order valence-electron chi connectivity index (χ0n) is 13.3. The highest BCUT2D eigenvalue weighted by Gasteiger charge is 2.06. The summed E-state index contributed by atoms with van der Waals surface area (Å²) in [4.78, 5) is 21.8. The van der Waals surface area contributed by atoms with Crippen LogP contribution in [0.3, 0.4) is 0 Å². The van der Waals surface area contributed by atoms with Crippen molar-refractivity contribution in [3.05, 3.63) is 96.1 Å². The van der Waals surface area contributed by atoms with Crippen molar-refractivity contribution in [2.75, 3.05) is 5.73 Å². The van der Waals surface area contributed by atoms with Crippen molar-refractivity contribution in [1.29, 1.82) is 0 Å². The molecule has 0 bridgehead atoms. The van der Waals surface area contributed by atoms with Gasteiger partial charge < -0.3 is 15.6 Å². The maximum absolute atomic E-state index is 11.6. The Morgan fingerprint density at radius 3 is 1.64 bits per heavy atom. The van der Waals surface area contributed by atoms with Crippen LogP contribution in [0.2, 0.25) is 0 Å². The van der Waals surface area contributed by atoms with Crippen molar-refractivity contribution >= 4 is 17.6 Å². The third kappa shape index (κ3) is 5.84. The second-order valence-corrected chi connectivity index (χ2v) is 5.00. The van der Waals surface area contributed by atoms with E-state index in [1.165, 1.54) is 0 Å². The van der Waals surface area contributed by atoms with Gasteiger partial charge in [0.15, 0.2) is 0 Å². The molecule has 25 heavy (non-hydrogen) atoms. The summed E-state index contributed by atoms with van der Waals surface area (Å²) in [6.45, 7) is 0. The number of aromatic carboxylic acids is 1. The summed E-state index contributed by atoms with van der Waals surface area (Å²) >= 11 is 0. The van der Waals surface area contributed by atoms with Gasteiger partial charge in [0.2, 0.25) is 0 Å². The number of esters is 1. The predicted octanol–water partition coefficient (Wildman–Crippen LogP) is 3.87. The Bertz CT molecular complexity index is 815. The average Bonchev–Trinajstić information content (AvgIpc) is 2.65. The second kappa shape index (κ2) is 8.88. The number of carbonyl (C=O) groups is 2. The molecule has 0 amide bonds. The molecular weight excluding hydrogens is 318 g/mol. The first kappa shape index (κ1) is 17.7. The van der Waals surface area contributed by atoms with Gasteiger partial charge in [-0.3, -0.25) is 0 Å². The van der Waals surface area contributed by atoms with Crippen LogP contribution in [-0.2, 0) is 0 Å². The largest absolute Gasteiger partial charge is 0.478 e. The number of hydrogen-bond donors (Lipinski definition) is 2. The van der Waals surface area contributed by atoms with Crippen LogP contribution in [0.25, 0.3) is 0 Å². The Morgan fingerprint density at radius 1 is 0.720 bits per heavy atom. The topological polar surface area (TPSA) is 89.6 Å². The Morgan fingerprint density at radius 2 is 1.20 bits per heavy atom. The van der Waals surface area contributed by atoms with E-state index in [1.807, 2.05) is 6.07 Å². The standard InChI is InChI=1S/C13H11NO2.C7H6O2/c14-11-6-8-12(9-7-11)16-13(15)10-4-2-1-3-5-10;8-7(9)6-4-2-1-3-5-6/h1-9H,14H2;1-5H,(H,8,9). The molecule has 0 spiro atoms. The van der Waals surface area contributed by atoms with Crippen LogP contribution < -0.4 is 10.5 Å². The molecule has 3 aromatic rings. The van der Waals surface area contributed by atoms with Crippen LogP contribution in [0.1, 0.15) is 20.7 Å². The van der Waals surface area contributed by atoms with Crippen LogP contribution in [0.15, 0.2) is 84.9 Å². The highest BCUT2D eigenvalue weighted by atomic mass is 16.5. The molecule has 0 aliphatic rings. The van der Waals surface area contributed by atoms with Gasteiger partial charge >= 0.3 is 11.9 Å². The molecule has 0 radical (unpaired) electrons. The summed E-state index contributed by atoms with van der Waals surface area (Å²) < 4.78 is 5.16. The monoisotopic (exact) mass is 335 g/mol. The minimum Gasteiger partial charge on any atom is -0.478 e. The molecule has 3 aromatic carbocycles. The third-order valence-corrected chi connectivity index (χ3v) is 3.12. The maximum Gasteiger partial charge on any atom is 0.343 e. The molecular formula is C20H17NO4. The lowest BCUT2D eigenvalue weighted by Crippen LogP contribution is -2.07. The Hall–Kier alpha value is -3.60. The van der Waals surface area contributed by atoms with Gasteiger partial charge in [-0.2, -0.15) is 0 Å². The van der Waals surface area contributed by atoms with Gasteiger partial charge in [0.05, 0.1) is 11.1 Å². The van der Waals surface area contributed by atoms with Gasteiger partial charge in [-0.05, 0) is 48.5 Å². The molecule has 5 heteroatoms. The normalized spacial score (nSPS) is 9.44. The van der Waals surface area contributed by atoms with E-state index in [4.69, 9.17) is 15.6 Å². The van der Waals surface area contributed by atoms with Gasteiger partial charge in [-0.15, -0.1) is 0 Å². The number of carboxylic acid groups (broad SMARTS) is 1. The van der Waals surface area contributed by atoms with E-state index in [0.29, 0.717) is 22.6 Å². The van der Waals surface area contributed by atoms with Crippen LogP contribution in [0.5, 0.6) is 5.75 Å². The molecule has 3 rings (SSSR count). The van der Waals surface area contributed by atoms with Crippen molar-refractivity contribution in [2.45, 2.75) is 0 Å². The number of benzene rings is 3. The van der Waals surface area contributed by atoms with Crippen LogP contribution in [0.4, 0.5) is 5.69 Å². The number of nitrogens with two attached hydrogens (primary N) is 1. The second-order valence-electron chi connectivity index (χ2n) is 5.00. The smallest absolute Gasteiger partial charge is 0.343 e. The summed E-state index contributed by atoms with van der Waals surface area (Å²) in [5, 5.41) is 8.38. The lowest BCUT2D eigenvalue weighted by atomic mass is 10.2. The molecule has 3 N–H and O–H groups in total. The Kier molecular flexibility index (Phi) is 6.31. The predicted molar refractivity (Wildman–Crippen MR) is 95.7 cm³/mol.